The fraction of sp³-hybridized carbons (Fsp3) is 0.455. The lowest BCUT2D eigenvalue weighted by atomic mass is 10.0. The van der Waals surface area contributed by atoms with Crippen molar-refractivity contribution in [1.82, 2.24) is 4.98 Å². The van der Waals surface area contributed by atoms with Gasteiger partial charge in [-0.15, -0.1) is 0 Å². The number of hydrogen-bond donors (Lipinski definition) is 2. The number of carbonyl (C=O) groups is 1. The van der Waals surface area contributed by atoms with E-state index >= 15 is 0 Å². The maximum Gasteiger partial charge on any atom is 0.308 e. The lowest BCUT2D eigenvalue weighted by Crippen LogP contribution is -2.22. The number of pyridine rings is 1. The molecule has 0 amide bonds. The van der Waals surface area contributed by atoms with E-state index in [2.05, 4.69) is 9.72 Å². The van der Waals surface area contributed by atoms with Crippen molar-refractivity contribution < 1.29 is 24.7 Å². The molecule has 2 N–H and O–H groups in total. The van der Waals surface area contributed by atoms with Gasteiger partial charge in [0.05, 0.1) is 24.6 Å². The van der Waals surface area contributed by atoms with Gasteiger partial charge in [0.2, 0.25) is 0 Å². The Hall–Kier alpha value is -2.06. The van der Waals surface area contributed by atoms with Gasteiger partial charge >= 0.3 is 5.97 Å². The number of nitrogens with zero attached hydrogens (tertiary/aromatic N) is 2. The quantitative estimate of drug-likeness (QED) is 0.446. The minimum Gasteiger partial charge on any atom is -0.469 e. The van der Waals surface area contributed by atoms with Crippen molar-refractivity contribution in [2.45, 2.75) is 25.6 Å². The molecule has 0 aliphatic carbocycles. The lowest BCUT2D eigenvalue weighted by molar-refractivity contribution is -0.385. The third kappa shape index (κ3) is 3.70. The van der Waals surface area contributed by atoms with E-state index in [4.69, 9.17) is 0 Å². The molecule has 0 spiro atoms. The molecule has 1 heterocycles. The maximum absolute atomic E-state index is 11.0. The second-order valence-corrected chi connectivity index (χ2v) is 3.92. The zero-order valence-electron chi connectivity index (χ0n) is 10.4. The normalized spacial score (nSPS) is 13.7. The number of aromatic nitrogens is 1. The van der Waals surface area contributed by atoms with E-state index in [1.54, 1.807) is 0 Å². The summed E-state index contributed by atoms with van der Waals surface area (Å²) in [5, 5.41) is 30.2. The summed E-state index contributed by atoms with van der Waals surface area (Å²) in [6.07, 6.45) is -2.07. The summed E-state index contributed by atoms with van der Waals surface area (Å²) >= 11 is 0. The molecule has 1 rings (SSSR count). The van der Waals surface area contributed by atoms with Crippen LogP contribution in [0.15, 0.2) is 12.3 Å². The van der Waals surface area contributed by atoms with Gasteiger partial charge in [-0.05, 0) is 6.92 Å². The van der Waals surface area contributed by atoms with Gasteiger partial charge in [0.15, 0.2) is 0 Å². The summed E-state index contributed by atoms with van der Waals surface area (Å²) in [7, 11) is 1.15. The minimum atomic E-state index is -1.45. The Morgan fingerprint density at radius 2 is 2.21 bits per heavy atom. The van der Waals surface area contributed by atoms with Crippen LogP contribution in [0, 0.1) is 17.0 Å². The number of carbonyl (C=O) groups excluding carboxylic acids is 1. The summed E-state index contributed by atoms with van der Waals surface area (Å²) < 4.78 is 4.35. The topological polar surface area (TPSA) is 123 Å². The second-order valence-electron chi connectivity index (χ2n) is 3.92. The SMILES string of the molecule is COC(=O)CC(O)C(O)c1cnc(C)c([N+](=O)[O-])c1. The van der Waals surface area contributed by atoms with Crippen LogP contribution < -0.4 is 0 Å². The number of rotatable bonds is 5. The number of aliphatic hydroxyl groups excluding tert-OH is 2. The van der Waals surface area contributed by atoms with Crippen LogP contribution in [-0.2, 0) is 9.53 Å². The molecule has 0 fully saturated rings. The number of aliphatic hydroxyl groups is 2. The summed E-state index contributed by atoms with van der Waals surface area (Å²) in [4.78, 5) is 24.8. The Balaban J connectivity index is 2.93. The Kier molecular flexibility index (Phi) is 4.90. The number of aryl methyl sites for hydroxylation is 1. The molecule has 19 heavy (non-hydrogen) atoms. The Bertz CT molecular complexity index is 490. The molecule has 0 radical (unpaired) electrons. The van der Waals surface area contributed by atoms with Gasteiger partial charge in [-0.1, -0.05) is 0 Å². The van der Waals surface area contributed by atoms with Crippen molar-refractivity contribution >= 4 is 11.7 Å². The summed E-state index contributed by atoms with van der Waals surface area (Å²) in [5.41, 5.74) is -0.000992. The molecule has 1 aromatic heterocycles. The number of hydrogen-bond acceptors (Lipinski definition) is 7. The molecule has 0 aromatic carbocycles. The van der Waals surface area contributed by atoms with Gasteiger partial charge in [0.1, 0.15) is 11.8 Å². The first-order chi connectivity index (χ1) is 8.86. The first-order valence-corrected chi connectivity index (χ1v) is 5.40. The van der Waals surface area contributed by atoms with Crippen LogP contribution in [0.5, 0.6) is 0 Å². The first-order valence-electron chi connectivity index (χ1n) is 5.40. The van der Waals surface area contributed by atoms with Gasteiger partial charge < -0.3 is 14.9 Å². The van der Waals surface area contributed by atoms with Crippen molar-refractivity contribution in [2.24, 2.45) is 0 Å². The largest absolute Gasteiger partial charge is 0.469 e. The molecule has 2 atom stereocenters. The Morgan fingerprint density at radius 3 is 2.74 bits per heavy atom. The standard InChI is InChI=1S/C11H14N2O6/c1-6-8(13(17)18)3-7(5-12-6)11(16)9(14)4-10(15)19-2/h3,5,9,11,14,16H,4H2,1-2H3. The van der Waals surface area contributed by atoms with Gasteiger partial charge in [-0.3, -0.25) is 19.9 Å². The zero-order valence-corrected chi connectivity index (χ0v) is 10.4. The van der Waals surface area contributed by atoms with Gasteiger partial charge in [-0.25, -0.2) is 0 Å². The van der Waals surface area contributed by atoms with E-state index in [-0.39, 0.29) is 16.9 Å². The molecule has 104 valence electrons. The highest BCUT2D eigenvalue weighted by atomic mass is 16.6. The van der Waals surface area contributed by atoms with Crippen molar-refractivity contribution in [3.8, 4) is 0 Å². The van der Waals surface area contributed by atoms with E-state index in [9.17, 15) is 25.1 Å². The van der Waals surface area contributed by atoms with E-state index < -0.39 is 29.5 Å². The van der Waals surface area contributed by atoms with Crippen LogP contribution in [0.4, 0.5) is 5.69 Å². The predicted molar refractivity (Wildman–Crippen MR) is 63.2 cm³/mol. The molecule has 0 saturated carbocycles. The Labute approximate surface area is 108 Å². The number of esters is 1. The highest BCUT2D eigenvalue weighted by molar-refractivity contribution is 5.69. The average molecular weight is 270 g/mol. The van der Waals surface area contributed by atoms with Crippen LogP contribution in [0.2, 0.25) is 0 Å². The summed E-state index contributed by atoms with van der Waals surface area (Å²) in [6, 6.07) is 1.12. The van der Waals surface area contributed by atoms with Crippen molar-refractivity contribution in [1.29, 1.82) is 0 Å². The van der Waals surface area contributed by atoms with Crippen LogP contribution >= 0.6 is 0 Å². The highest BCUT2D eigenvalue weighted by Gasteiger charge is 2.24. The molecule has 1 aromatic rings. The smallest absolute Gasteiger partial charge is 0.308 e. The monoisotopic (exact) mass is 270 g/mol. The fourth-order valence-corrected chi connectivity index (χ4v) is 1.47. The van der Waals surface area contributed by atoms with Crippen molar-refractivity contribution in [3.63, 3.8) is 0 Å². The van der Waals surface area contributed by atoms with Crippen LogP contribution in [0.3, 0.4) is 0 Å². The first kappa shape index (κ1) is 15.0. The molecular formula is C11H14N2O6. The highest BCUT2D eigenvalue weighted by Crippen LogP contribution is 2.24. The van der Waals surface area contributed by atoms with Crippen molar-refractivity contribution in [3.05, 3.63) is 33.6 Å². The zero-order chi connectivity index (χ0) is 14.6. The molecule has 0 aliphatic rings. The van der Waals surface area contributed by atoms with Crippen LogP contribution in [0.1, 0.15) is 23.8 Å². The average Bonchev–Trinajstić information content (AvgIpc) is 2.37. The maximum atomic E-state index is 11.0. The predicted octanol–water partition coefficient (Wildman–Crippen LogP) is 0.256. The molecular weight excluding hydrogens is 256 g/mol. The molecule has 0 aliphatic heterocycles. The molecule has 0 saturated heterocycles. The number of methoxy groups -OCH3 is 1. The second kappa shape index (κ2) is 6.21. The summed E-state index contributed by atoms with van der Waals surface area (Å²) in [5.74, 6) is -0.693. The fourth-order valence-electron chi connectivity index (χ4n) is 1.47. The van der Waals surface area contributed by atoms with E-state index in [1.807, 2.05) is 0 Å². The third-order valence-corrected chi connectivity index (χ3v) is 2.59. The van der Waals surface area contributed by atoms with Crippen LogP contribution in [-0.4, -0.2) is 39.3 Å². The van der Waals surface area contributed by atoms with Crippen LogP contribution in [0.25, 0.3) is 0 Å². The Morgan fingerprint density at radius 1 is 1.58 bits per heavy atom. The third-order valence-electron chi connectivity index (χ3n) is 2.59. The molecule has 8 nitrogen and oxygen atoms in total. The van der Waals surface area contributed by atoms with Gasteiger partial charge in [0.25, 0.3) is 5.69 Å². The van der Waals surface area contributed by atoms with Gasteiger partial charge in [0, 0.05) is 17.8 Å². The van der Waals surface area contributed by atoms with E-state index in [1.165, 1.54) is 13.1 Å². The van der Waals surface area contributed by atoms with E-state index in [0.717, 1.165) is 13.2 Å². The van der Waals surface area contributed by atoms with Crippen molar-refractivity contribution in [2.75, 3.05) is 7.11 Å². The summed E-state index contributed by atoms with van der Waals surface area (Å²) in [6.45, 7) is 1.46. The lowest BCUT2D eigenvalue weighted by Gasteiger charge is -2.16. The van der Waals surface area contributed by atoms with Gasteiger partial charge in [-0.2, -0.15) is 0 Å². The molecule has 0 bridgehead atoms. The number of nitro groups is 1. The van der Waals surface area contributed by atoms with E-state index in [0.29, 0.717) is 0 Å². The molecule has 2 unspecified atom stereocenters. The number of ether oxygens (including phenoxy) is 1. The molecule has 8 heteroatoms. The minimum absolute atomic E-state index is 0.0636.